The van der Waals surface area contributed by atoms with Crippen LogP contribution in [0.4, 0.5) is 19.0 Å². The molecular formula is C37H33Cl2F3N4O6. The van der Waals surface area contributed by atoms with Crippen LogP contribution in [0.3, 0.4) is 0 Å². The minimum Gasteiger partial charge on any atom is -0.504 e. The van der Waals surface area contributed by atoms with Gasteiger partial charge in [-0.1, -0.05) is 53.1 Å². The number of carbonyl (C=O) groups is 4. The third kappa shape index (κ3) is 5.26. The smallest absolute Gasteiger partial charge is 0.417 e. The molecule has 2 N–H and O–H groups in total. The number of hydrogen-bond acceptors (Lipinski definition) is 8. The number of hydrazine groups is 1. The predicted molar refractivity (Wildman–Crippen MR) is 183 cm³/mol. The van der Waals surface area contributed by atoms with Crippen molar-refractivity contribution in [3.8, 4) is 11.5 Å². The second kappa shape index (κ2) is 12.2. The van der Waals surface area contributed by atoms with E-state index in [0.29, 0.717) is 34.0 Å². The summed E-state index contributed by atoms with van der Waals surface area (Å²) in [7, 11) is 1.37. The number of aromatic nitrogens is 1. The first-order valence-electron chi connectivity index (χ1n) is 16.5. The Labute approximate surface area is 306 Å². The number of pyridine rings is 1. The van der Waals surface area contributed by atoms with Crippen molar-refractivity contribution in [1.82, 2.24) is 14.9 Å². The lowest BCUT2D eigenvalue weighted by Crippen LogP contribution is -2.53. The van der Waals surface area contributed by atoms with Crippen molar-refractivity contribution in [3.63, 3.8) is 0 Å². The first kappa shape index (κ1) is 35.8. The maximum absolute atomic E-state index is 15.2. The molecule has 272 valence electrons. The number of allylic oxidation sites excluding steroid dienone is 2. The average Bonchev–Trinajstić information content (AvgIpc) is 3.46. The number of amides is 4. The molecule has 3 heterocycles. The first-order valence-corrected chi connectivity index (χ1v) is 17.2. The van der Waals surface area contributed by atoms with Crippen LogP contribution in [0.2, 0.25) is 10.0 Å². The standard InChI is InChI=1S/C37H33Cl2F3N4O6/c1-35(2,3)45-31(48)22-11-10-21-23(28(22)33(45)50)15-24-32(49)46(44-30-25(39)14-19(16-43-30)37(40,41)42)34(51)36(24,18-6-8-20(38)9-7-18)29(21)17-5-12-26(47)27(13-17)52-4/h5-10,12-14,16,22-24,28-29,47H,11,15H2,1-4H3,(H,43,44). The molecule has 1 aromatic heterocycles. The van der Waals surface area contributed by atoms with Gasteiger partial charge in [-0.2, -0.15) is 18.2 Å². The molecule has 0 bridgehead atoms. The number of benzene rings is 2. The molecule has 7 rings (SSSR count). The monoisotopic (exact) mass is 756 g/mol. The summed E-state index contributed by atoms with van der Waals surface area (Å²) in [6, 6.07) is 11.6. The Morgan fingerprint density at radius 1 is 0.962 bits per heavy atom. The van der Waals surface area contributed by atoms with Gasteiger partial charge in [0.15, 0.2) is 17.3 Å². The molecule has 1 saturated carbocycles. The SMILES string of the molecule is COc1cc(C2C3=CCC4C(=O)N(C(C)(C)C)C(=O)C4C3CC3C(=O)N(Nc4ncc(C(F)(F)F)cc4Cl)C(=O)C32c2ccc(Cl)cc2)ccc1O. The van der Waals surface area contributed by atoms with Gasteiger partial charge < -0.3 is 9.84 Å². The van der Waals surface area contributed by atoms with Crippen LogP contribution < -0.4 is 10.2 Å². The van der Waals surface area contributed by atoms with Gasteiger partial charge in [0, 0.05) is 22.7 Å². The number of halogens is 5. The maximum Gasteiger partial charge on any atom is 0.417 e. The lowest BCUT2D eigenvalue weighted by Gasteiger charge is -2.50. The van der Waals surface area contributed by atoms with E-state index in [-0.39, 0.29) is 42.0 Å². The van der Waals surface area contributed by atoms with Gasteiger partial charge in [0.25, 0.3) is 11.8 Å². The minimum atomic E-state index is -4.75. The fraction of sp³-hybridized carbons (Fsp3) is 0.378. The number of alkyl halides is 3. The molecule has 6 atom stereocenters. The van der Waals surface area contributed by atoms with Crippen LogP contribution in [-0.4, -0.2) is 56.3 Å². The second-order valence-electron chi connectivity index (χ2n) is 14.5. The highest BCUT2D eigenvalue weighted by Crippen LogP contribution is 2.64. The minimum absolute atomic E-state index is 0.0186. The summed E-state index contributed by atoms with van der Waals surface area (Å²) in [5.41, 5.74) is 0.481. The van der Waals surface area contributed by atoms with E-state index in [9.17, 15) is 32.7 Å². The van der Waals surface area contributed by atoms with Gasteiger partial charge in [0.2, 0.25) is 11.8 Å². The lowest BCUT2D eigenvalue weighted by atomic mass is 9.49. The molecule has 15 heteroatoms. The maximum atomic E-state index is 15.2. The molecule has 4 amide bonds. The van der Waals surface area contributed by atoms with E-state index in [1.165, 1.54) is 18.1 Å². The summed E-state index contributed by atoms with van der Waals surface area (Å²) in [5, 5.41) is 11.2. The summed E-state index contributed by atoms with van der Waals surface area (Å²) in [6.07, 6.45) is -2.14. The van der Waals surface area contributed by atoms with E-state index in [1.807, 2.05) is 6.08 Å². The predicted octanol–water partition coefficient (Wildman–Crippen LogP) is 6.90. The summed E-state index contributed by atoms with van der Waals surface area (Å²) >= 11 is 12.5. The molecule has 2 aliphatic carbocycles. The van der Waals surface area contributed by atoms with E-state index in [4.69, 9.17) is 27.9 Å². The van der Waals surface area contributed by atoms with E-state index in [1.54, 1.807) is 57.2 Å². The van der Waals surface area contributed by atoms with Crippen LogP contribution in [0.15, 0.2) is 66.4 Å². The molecule has 52 heavy (non-hydrogen) atoms. The summed E-state index contributed by atoms with van der Waals surface area (Å²) < 4.78 is 45.8. The zero-order valence-corrected chi connectivity index (χ0v) is 29.8. The molecule has 0 radical (unpaired) electrons. The Morgan fingerprint density at radius 2 is 1.65 bits per heavy atom. The Bertz CT molecular complexity index is 2070. The van der Waals surface area contributed by atoms with Gasteiger partial charge in [0.05, 0.1) is 40.9 Å². The number of phenolic OH excluding ortho intramolecular Hbond substituents is 1. The number of imide groups is 2. The van der Waals surface area contributed by atoms with Crippen molar-refractivity contribution in [3.05, 3.63) is 93.1 Å². The van der Waals surface area contributed by atoms with Gasteiger partial charge in [-0.05, 0) is 81.0 Å². The van der Waals surface area contributed by atoms with E-state index < -0.39 is 69.1 Å². The molecule has 2 saturated heterocycles. The number of fused-ring (bicyclic) bond motifs is 4. The highest BCUT2D eigenvalue weighted by atomic mass is 35.5. The number of anilines is 1. The van der Waals surface area contributed by atoms with Crippen LogP contribution in [0.1, 0.15) is 56.2 Å². The molecule has 2 aliphatic heterocycles. The molecule has 4 aliphatic rings. The van der Waals surface area contributed by atoms with Crippen molar-refractivity contribution in [2.45, 2.75) is 56.7 Å². The Kier molecular flexibility index (Phi) is 8.41. The van der Waals surface area contributed by atoms with Gasteiger partial charge in [-0.15, -0.1) is 0 Å². The number of rotatable bonds is 5. The first-order chi connectivity index (χ1) is 24.4. The summed E-state index contributed by atoms with van der Waals surface area (Å²) in [6.45, 7) is 5.32. The molecule has 10 nitrogen and oxygen atoms in total. The van der Waals surface area contributed by atoms with Crippen molar-refractivity contribution >= 4 is 52.6 Å². The van der Waals surface area contributed by atoms with E-state index in [2.05, 4.69) is 10.4 Å². The molecule has 3 aromatic rings. The van der Waals surface area contributed by atoms with Crippen molar-refractivity contribution < 1.29 is 42.2 Å². The van der Waals surface area contributed by atoms with Gasteiger partial charge in [0.1, 0.15) is 0 Å². The van der Waals surface area contributed by atoms with Crippen molar-refractivity contribution in [2.75, 3.05) is 12.5 Å². The van der Waals surface area contributed by atoms with E-state index in [0.717, 1.165) is 5.01 Å². The Balaban J connectivity index is 1.45. The number of carbonyl (C=O) groups excluding carboxylic acids is 4. The number of likely N-dealkylation sites (tertiary alicyclic amines) is 1. The van der Waals surface area contributed by atoms with Crippen LogP contribution in [-0.2, 0) is 30.8 Å². The van der Waals surface area contributed by atoms with E-state index >= 15 is 4.79 Å². The fourth-order valence-corrected chi connectivity index (χ4v) is 9.03. The topological polar surface area (TPSA) is 129 Å². The van der Waals surface area contributed by atoms with Crippen LogP contribution in [0.5, 0.6) is 11.5 Å². The molecule has 0 spiro atoms. The quantitative estimate of drug-likeness (QED) is 0.213. The number of hydrogen-bond donors (Lipinski definition) is 2. The van der Waals surface area contributed by atoms with Gasteiger partial charge in [-0.25, -0.2) is 4.98 Å². The zero-order chi connectivity index (χ0) is 37.7. The second-order valence-corrected chi connectivity index (χ2v) is 15.4. The number of methoxy groups -OCH3 is 1. The van der Waals surface area contributed by atoms with Crippen molar-refractivity contribution in [2.24, 2.45) is 23.7 Å². The summed E-state index contributed by atoms with van der Waals surface area (Å²) in [4.78, 5) is 63.1. The highest BCUT2D eigenvalue weighted by Gasteiger charge is 2.70. The third-order valence-electron chi connectivity index (χ3n) is 10.8. The number of nitrogens with one attached hydrogen (secondary N) is 1. The molecular weight excluding hydrogens is 724 g/mol. The fourth-order valence-electron chi connectivity index (χ4n) is 8.69. The van der Waals surface area contributed by atoms with Crippen LogP contribution >= 0.6 is 23.2 Å². The molecule has 3 fully saturated rings. The van der Waals surface area contributed by atoms with Crippen LogP contribution in [0.25, 0.3) is 0 Å². The summed E-state index contributed by atoms with van der Waals surface area (Å²) in [5.74, 6) is -6.92. The van der Waals surface area contributed by atoms with Crippen molar-refractivity contribution in [1.29, 1.82) is 0 Å². The lowest BCUT2D eigenvalue weighted by molar-refractivity contribution is -0.146. The largest absolute Gasteiger partial charge is 0.504 e. The Hall–Kier alpha value is -4.62. The highest BCUT2D eigenvalue weighted by molar-refractivity contribution is 6.33. The molecule has 6 unspecified atom stereocenters. The van der Waals surface area contributed by atoms with Gasteiger partial charge in [-0.3, -0.25) is 29.5 Å². The molecule has 2 aromatic carbocycles. The average molecular weight is 758 g/mol. The van der Waals surface area contributed by atoms with Gasteiger partial charge >= 0.3 is 6.18 Å². The number of phenols is 1. The number of aromatic hydroxyl groups is 1. The Morgan fingerprint density at radius 3 is 2.27 bits per heavy atom. The third-order valence-corrected chi connectivity index (χ3v) is 11.3. The number of nitrogens with zero attached hydrogens (tertiary/aromatic N) is 3. The van der Waals surface area contributed by atoms with Crippen LogP contribution in [0, 0.1) is 23.7 Å². The number of ether oxygens (including phenoxy) is 1. The normalized spacial score (nSPS) is 27.3. The zero-order valence-electron chi connectivity index (χ0n) is 28.3.